The van der Waals surface area contributed by atoms with Crippen LogP contribution in [-0.4, -0.2) is 87.5 Å². The van der Waals surface area contributed by atoms with E-state index in [0.717, 1.165) is 27.0 Å². The molecular formula is C18H29NO12S. The van der Waals surface area contributed by atoms with Crippen molar-refractivity contribution < 1.29 is 56.4 Å². The van der Waals surface area contributed by atoms with Gasteiger partial charge in [-0.1, -0.05) is 0 Å². The fourth-order valence-corrected chi connectivity index (χ4v) is 3.74. The van der Waals surface area contributed by atoms with Crippen LogP contribution in [0.25, 0.3) is 0 Å². The minimum atomic E-state index is -3.87. The minimum Gasteiger partial charge on any atom is -0.481 e. The first-order chi connectivity index (χ1) is 14.8. The average molecular weight is 483 g/mol. The van der Waals surface area contributed by atoms with E-state index in [4.69, 9.17) is 28.8 Å². The molecule has 13 nitrogen and oxygen atoms in total. The standard InChI is InChI=1S/C18H29NO12S/c1-10(20)28-9-13-16(29-11(2)21)17(30-12(3)22)15(19-32(4,25)26)18(31-13)27-8-6-5-7-14(23)24/h13,15-19H,5-9H2,1-4H3,(H,23,24)/t13-,15-,16+,17-,18-/m1/s1. The number of aliphatic carboxylic acids is 1. The van der Waals surface area contributed by atoms with Gasteiger partial charge in [-0.05, 0) is 12.8 Å². The quantitative estimate of drug-likeness (QED) is 0.203. The van der Waals surface area contributed by atoms with E-state index in [1.807, 2.05) is 0 Å². The summed E-state index contributed by atoms with van der Waals surface area (Å²) in [6.45, 7) is 2.93. The second-order valence-electron chi connectivity index (χ2n) is 7.13. The number of carboxylic acid groups (broad SMARTS) is 1. The molecule has 14 heteroatoms. The van der Waals surface area contributed by atoms with Gasteiger partial charge in [-0.15, -0.1) is 0 Å². The van der Waals surface area contributed by atoms with Gasteiger partial charge < -0.3 is 28.8 Å². The van der Waals surface area contributed by atoms with Crippen LogP contribution in [0.4, 0.5) is 0 Å². The summed E-state index contributed by atoms with van der Waals surface area (Å²) in [7, 11) is -3.87. The Labute approximate surface area is 185 Å². The maximum Gasteiger partial charge on any atom is 0.303 e. The van der Waals surface area contributed by atoms with E-state index < -0.39 is 71.2 Å². The number of carboxylic acids is 1. The van der Waals surface area contributed by atoms with E-state index in [9.17, 15) is 27.6 Å². The Bertz CT molecular complexity index is 783. The summed E-state index contributed by atoms with van der Waals surface area (Å²) in [5, 5.41) is 8.72. The normalized spacial score (nSPS) is 25.6. The van der Waals surface area contributed by atoms with Gasteiger partial charge in [-0.2, -0.15) is 0 Å². The zero-order valence-electron chi connectivity index (χ0n) is 18.3. The molecule has 0 aromatic carbocycles. The lowest BCUT2D eigenvalue weighted by atomic mass is 9.97. The molecule has 1 saturated heterocycles. The highest BCUT2D eigenvalue weighted by Crippen LogP contribution is 2.28. The zero-order chi connectivity index (χ0) is 24.5. The number of sulfonamides is 1. The number of nitrogens with one attached hydrogen (secondary N) is 1. The van der Waals surface area contributed by atoms with Gasteiger partial charge in [0.25, 0.3) is 0 Å². The van der Waals surface area contributed by atoms with Crippen molar-refractivity contribution >= 4 is 33.9 Å². The van der Waals surface area contributed by atoms with Gasteiger partial charge in [0.05, 0.1) is 6.26 Å². The Morgan fingerprint density at radius 2 is 1.56 bits per heavy atom. The van der Waals surface area contributed by atoms with E-state index >= 15 is 0 Å². The number of ether oxygens (including phenoxy) is 5. The Hall–Kier alpha value is -2.29. The first-order valence-electron chi connectivity index (χ1n) is 9.74. The Balaban J connectivity index is 3.20. The molecule has 5 atom stereocenters. The van der Waals surface area contributed by atoms with Crippen molar-refractivity contribution in [2.45, 2.75) is 70.7 Å². The Morgan fingerprint density at radius 3 is 2.06 bits per heavy atom. The first-order valence-corrected chi connectivity index (χ1v) is 11.6. The summed E-state index contributed by atoms with van der Waals surface area (Å²) in [5.41, 5.74) is 0. The molecule has 0 spiro atoms. The Kier molecular flexibility index (Phi) is 11.0. The maximum atomic E-state index is 11.9. The van der Waals surface area contributed by atoms with Crippen molar-refractivity contribution in [3.63, 3.8) is 0 Å². The van der Waals surface area contributed by atoms with Crippen molar-refractivity contribution in [2.24, 2.45) is 0 Å². The van der Waals surface area contributed by atoms with Gasteiger partial charge in [-0.25, -0.2) is 13.1 Å². The lowest BCUT2D eigenvalue weighted by Gasteiger charge is -2.44. The van der Waals surface area contributed by atoms with E-state index in [0.29, 0.717) is 12.8 Å². The van der Waals surface area contributed by atoms with Gasteiger partial charge in [0.2, 0.25) is 10.0 Å². The highest BCUT2D eigenvalue weighted by Gasteiger charge is 2.51. The molecule has 0 amide bonds. The molecule has 0 aromatic rings. The smallest absolute Gasteiger partial charge is 0.303 e. The van der Waals surface area contributed by atoms with Crippen LogP contribution in [0.15, 0.2) is 0 Å². The second-order valence-corrected chi connectivity index (χ2v) is 8.91. The predicted molar refractivity (Wildman–Crippen MR) is 106 cm³/mol. The number of carbonyl (C=O) groups is 4. The van der Waals surface area contributed by atoms with E-state index in [-0.39, 0.29) is 13.0 Å². The molecular weight excluding hydrogens is 454 g/mol. The van der Waals surface area contributed by atoms with Crippen LogP contribution in [-0.2, 0) is 52.9 Å². The van der Waals surface area contributed by atoms with Gasteiger partial charge in [-0.3, -0.25) is 19.2 Å². The molecule has 1 aliphatic rings. The number of rotatable bonds is 12. The molecule has 1 rings (SSSR count). The highest BCUT2D eigenvalue weighted by molar-refractivity contribution is 7.88. The summed E-state index contributed by atoms with van der Waals surface area (Å²) in [5.74, 6) is -3.19. The number of esters is 3. The summed E-state index contributed by atoms with van der Waals surface area (Å²) < 4.78 is 52.9. The third-order valence-corrected chi connectivity index (χ3v) is 4.82. The van der Waals surface area contributed by atoms with Gasteiger partial charge >= 0.3 is 23.9 Å². The molecule has 0 aromatic heterocycles. The fraction of sp³-hybridized carbons (Fsp3) is 0.778. The first kappa shape index (κ1) is 27.7. The molecule has 32 heavy (non-hydrogen) atoms. The van der Waals surface area contributed by atoms with E-state index in [2.05, 4.69) is 4.72 Å². The monoisotopic (exact) mass is 483 g/mol. The molecule has 2 N–H and O–H groups in total. The fourth-order valence-electron chi connectivity index (χ4n) is 3.00. The molecule has 0 unspecified atom stereocenters. The Morgan fingerprint density at radius 1 is 0.969 bits per heavy atom. The molecule has 0 radical (unpaired) electrons. The summed E-state index contributed by atoms with van der Waals surface area (Å²) in [4.78, 5) is 45.3. The average Bonchev–Trinajstić information content (AvgIpc) is 2.62. The summed E-state index contributed by atoms with van der Waals surface area (Å²) in [6.07, 6.45) is -3.76. The highest BCUT2D eigenvalue weighted by atomic mass is 32.2. The SMILES string of the molecule is CC(=O)OC[C@H]1O[C@@H](OCCCCC(=O)O)[C@H](NS(C)(=O)=O)[C@@H](OC(C)=O)[C@H]1OC(C)=O. The summed E-state index contributed by atoms with van der Waals surface area (Å²) >= 11 is 0. The predicted octanol–water partition coefficient (Wildman–Crippen LogP) is -0.673. The van der Waals surface area contributed by atoms with Crippen LogP contribution in [0.2, 0.25) is 0 Å². The number of hydrogen-bond acceptors (Lipinski definition) is 11. The molecule has 1 heterocycles. The van der Waals surface area contributed by atoms with Crippen molar-refractivity contribution in [1.82, 2.24) is 4.72 Å². The van der Waals surface area contributed by atoms with Crippen molar-refractivity contribution in [2.75, 3.05) is 19.5 Å². The topological polar surface area (TPSA) is 181 Å². The van der Waals surface area contributed by atoms with Crippen LogP contribution >= 0.6 is 0 Å². The molecule has 184 valence electrons. The second kappa shape index (κ2) is 12.7. The molecule has 1 aliphatic heterocycles. The van der Waals surface area contributed by atoms with Crippen LogP contribution < -0.4 is 4.72 Å². The molecule has 1 fully saturated rings. The van der Waals surface area contributed by atoms with Crippen molar-refractivity contribution in [3.05, 3.63) is 0 Å². The van der Waals surface area contributed by atoms with Crippen LogP contribution in [0, 0.1) is 0 Å². The molecule has 0 bridgehead atoms. The van der Waals surface area contributed by atoms with Crippen LogP contribution in [0.3, 0.4) is 0 Å². The lowest BCUT2D eigenvalue weighted by Crippen LogP contribution is -2.66. The molecule has 0 aliphatic carbocycles. The maximum absolute atomic E-state index is 11.9. The molecule has 0 saturated carbocycles. The third-order valence-electron chi connectivity index (χ3n) is 4.12. The van der Waals surface area contributed by atoms with Gasteiger partial charge in [0, 0.05) is 33.8 Å². The van der Waals surface area contributed by atoms with Crippen LogP contribution in [0.1, 0.15) is 40.0 Å². The number of hydrogen-bond donors (Lipinski definition) is 2. The van der Waals surface area contributed by atoms with Gasteiger partial charge in [0.1, 0.15) is 18.8 Å². The van der Waals surface area contributed by atoms with Crippen molar-refractivity contribution in [1.29, 1.82) is 0 Å². The van der Waals surface area contributed by atoms with Gasteiger partial charge in [0.15, 0.2) is 18.5 Å². The summed E-state index contributed by atoms with van der Waals surface area (Å²) in [6, 6.07) is -1.31. The lowest BCUT2D eigenvalue weighted by molar-refractivity contribution is -0.276. The minimum absolute atomic E-state index is 0.00873. The van der Waals surface area contributed by atoms with Crippen LogP contribution in [0.5, 0.6) is 0 Å². The largest absolute Gasteiger partial charge is 0.481 e. The number of carbonyl (C=O) groups excluding carboxylic acids is 3. The zero-order valence-corrected chi connectivity index (χ0v) is 19.1. The van der Waals surface area contributed by atoms with E-state index in [1.165, 1.54) is 0 Å². The van der Waals surface area contributed by atoms with E-state index in [1.54, 1.807) is 0 Å². The van der Waals surface area contributed by atoms with Crippen molar-refractivity contribution in [3.8, 4) is 0 Å². The third kappa shape index (κ3) is 10.3. The number of unbranched alkanes of at least 4 members (excludes halogenated alkanes) is 1.